The van der Waals surface area contributed by atoms with Crippen molar-refractivity contribution in [2.75, 3.05) is 11.9 Å². The summed E-state index contributed by atoms with van der Waals surface area (Å²) in [7, 11) is 0. The standard InChI is InChI=1S/C21H28N4O.HI/c1-3-5-13-23-20(26)18-11-9-17(10-12-18)15-24-21(22)25-19-8-6-7-16(4-2)14-19;/h6-12,14H,3-5,13,15H2,1-2H3,(H,23,26)(H3,22,24,25);1H. The molecule has 0 aliphatic carbocycles. The number of anilines is 1. The zero-order valence-electron chi connectivity index (χ0n) is 16.0. The van der Waals surface area contributed by atoms with E-state index in [4.69, 9.17) is 5.73 Å². The third kappa shape index (κ3) is 7.99. The van der Waals surface area contributed by atoms with Crippen molar-refractivity contribution in [2.24, 2.45) is 10.7 Å². The molecule has 5 nitrogen and oxygen atoms in total. The summed E-state index contributed by atoms with van der Waals surface area (Å²) in [6.45, 7) is 5.39. The molecule has 0 unspecified atom stereocenters. The van der Waals surface area contributed by atoms with Gasteiger partial charge in [-0.3, -0.25) is 4.79 Å². The Balaban J connectivity index is 0.00000364. The van der Waals surface area contributed by atoms with Gasteiger partial charge in [0.05, 0.1) is 6.54 Å². The monoisotopic (exact) mass is 480 g/mol. The average molecular weight is 480 g/mol. The van der Waals surface area contributed by atoms with E-state index in [0.717, 1.165) is 30.5 Å². The summed E-state index contributed by atoms with van der Waals surface area (Å²) in [5.74, 6) is 0.338. The zero-order chi connectivity index (χ0) is 18.8. The minimum Gasteiger partial charge on any atom is -0.370 e. The van der Waals surface area contributed by atoms with Crippen LogP contribution in [0.3, 0.4) is 0 Å². The van der Waals surface area contributed by atoms with Gasteiger partial charge in [0.1, 0.15) is 0 Å². The van der Waals surface area contributed by atoms with Gasteiger partial charge in [0, 0.05) is 17.8 Å². The lowest BCUT2D eigenvalue weighted by atomic mass is 10.1. The minimum atomic E-state index is -0.0366. The molecular weight excluding hydrogens is 451 g/mol. The molecule has 2 aromatic rings. The molecule has 0 saturated carbocycles. The number of halogens is 1. The number of hydrogen-bond donors (Lipinski definition) is 3. The molecule has 0 aliphatic heterocycles. The van der Waals surface area contributed by atoms with Crippen LogP contribution in [-0.2, 0) is 13.0 Å². The van der Waals surface area contributed by atoms with E-state index in [1.54, 1.807) is 0 Å². The number of carbonyl (C=O) groups excluding carboxylic acids is 1. The first-order chi connectivity index (χ1) is 12.6. The largest absolute Gasteiger partial charge is 0.370 e. The van der Waals surface area contributed by atoms with Crippen LogP contribution >= 0.6 is 24.0 Å². The second-order valence-electron chi connectivity index (χ2n) is 6.19. The molecule has 0 aromatic heterocycles. The molecule has 146 valence electrons. The van der Waals surface area contributed by atoms with Crippen molar-refractivity contribution in [3.8, 4) is 0 Å². The summed E-state index contributed by atoms with van der Waals surface area (Å²) in [4.78, 5) is 16.3. The number of aliphatic imine (C=N–C) groups is 1. The van der Waals surface area contributed by atoms with Gasteiger partial charge in [0.15, 0.2) is 5.96 Å². The topological polar surface area (TPSA) is 79.5 Å². The Morgan fingerprint density at radius 2 is 1.81 bits per heavy atom. The molecule has 0 saturated heterocycles. The predicted molar refractivity (Wildman–Crippen MR) is 124 cm³/mol. The number of nitrogens with one attached hydrogen (secondary N) is 2. The van der Waals surface area contributed by atoms with Crippen molar-refractivity contribution in [2.45, 2.75) is 39.7 Å². The Bertz CT molecular complexity index is 744. The summed E-state index contributed by atoms with van der Waals surface area (Å²) in [5, 5.41) is 6.02. The first-order valence-electron chi connectivity index (χ1n) is 9.15. The maximum Gasteiger partial charge on any atom is 0.251 e. The Labute approximate surface area is 178 Å². The molecule has 0 aliphatic rings. The molecule has 0 atom stereocenters. The molecular formula is C21H29IN4O. The Kier molecular flexibility index (Phi) is 10.5. The first kappa shape index (κ1) is 23.0. The Hall–Kier alpha value is -2.09. The van der Waals surface area contributed by atoms with E-state index in [1.807, 2.05) is 36.4 Å². The highest BCUT2D eigenvalue weighted by Crippen LogP contribution is 2.11. The van der Waals surface area contributed by atoms with Crippen LogP contribution in [0.2, 0.25) is 0 Å². The molecule has 2 rings (SSSR count). The summed E-state index contributed by atoms with van der Waals surface area (Å²) < 4.78 is 0. The number of nitrogens with two attached hydrogens (primary N) is 1. The van der Waals surface area contributed by atoms with E-state index in [-0.39, 0.29) is 29.9 Å². The quantitative estimate of drug-likeness (QED) is 0.228. The van der Waals surface area contributed by atoms with Crippen LogP contribution in [0.4, 0.5) is 5.69 Å². The van der Waals surface area contributed by atoms with Crippen molar-refractivity contribution in [3.05, 3.63) is 65.2 Å². The summed E-state index contributed by atoms with van der Waals surface area (Å²) >= 11 is 0. The lowest BCUT2D eigenvalue weighted by Gasteiger charge is -2.08. The van der Waals surface area contributed by atoms with E-state index in [9.17, 15) is 4.79 Å². The van der Waals surface area contributed by atoms with Gasteiger partial charge in [-0.2, -0.15) is 0 Å². The van der Waals surface area contributed by atoms with Gasteiger partial charge in [-0.05, 0) is 48.2 Å². The molecule has 4 N–H and O–H groups in total. The fourth-order valence-electron chi connectivity index (χ4n) is 2.48. The number of nitrogens with zero attached hydrogens (tertiary/aromatic N) is 1. The van der Waals surface area contributed by atoms with Crippen LogP contribution in [-0.4, -0.2) is 18.4 Å². The van der Waals surface area contributed by atoms with Crippen LogP contribution in [0.1, 0.15) is 48.2 Å². The van der Waals surface area contributed by atoms with E-state index in [2.05, 4.69) is 41.6 Å². The Morgan fingerprint density at radius 1 is 1.07 bits per heavy atom. The van der Waals surface area contributed by atoms with Crippen LogP contribution in [0.15, 0.2) is 53.5 Å². The summed E-state index contributed by atoms with van der Waals surface area (Å²) in [6.07, 6.45) is 3.03. The van der Waals surface area contributed by atoms with Crippen molar-refractivity contribution in [1.82, 2.24) is 5.32 Å². The maximum absolute atomic E-state index is 12.0. The van der Waals surface area contributed by atoms with Gasteiger partial charge >= 0.3 is 0 Å². The number of aryl methyl sites for hydroxylation is 1. The lowest BCUT2D eigenvalue weighted by molar-refractivity contribution is 0.0953. The van der Waals surface area contributed by atoms with Crippen molar-refractivity contribution in [1.29, 1.82) is 0 Å². The highest BCUT2D eigenvalue weighted by molar-refractivity contribution is 14.0. The average Bonchev–Trinajstić information content (AvgIpc) is 2.67. The van der Waals surface area contributed by atoms with Gasteiger partial charge < -0.3 is 16.4 Å². The molecule has 0 spiro atoms. The number of unbranched alkanes of at least 4 members (excludes halogenated alkanes) is 1. The zero-order valence-corrected chi connectivity index (χ0v) is 18.3. The molecule has 1 amide bonds. The van der Waals surface area contributed by atoms with Crippen molar-refractivity contribution in [3.63, 3.8) is 0 Å². The fraction of sp³-hybridized carbons (Fsp3) is 0.333. The first-order valence-corrected chi connectivity index (χ1v) is 9.15. The molecule has 0 fully saturated rings. The van der Waals surface area contributed by atoms with E-state index in [0.29, 0.717) is 24.6 Å². The lowest BCUT2D eigenvalue weighted by Crippen LogP contribution is -2.24. The third-order valence-corrected chi connectivity index (χ3v) is 4.07. The maximum atomic E-state index is 12.0. The molecule has 0 radical (unpaired) electrons. The summed E-state index contributed by atoms with van der Waals surface area (Å²) in [5.41, 5.74) is 9.81. The minimum absolute atomic E-state index is 0. The normalized spacial score (nSPS) is 10.8. The number of benzene rings is 2. The Morgan fingerprint density at radius 3 is 2.48 bits per heavy atom. The third-order valence-electron chi connectivity index (χ3n) is 4.07. The van der Waals surface area contributed by atoms with E-state index in [1.165, 1.54) is 5.56 Å². The summed E-state index contributed by atoms with van der Waals surface area (Å²) in [6, 6.07) is 15.6. The van der Waals surface area contributed by atoms with Gasteiger partial charge in [0.2, 0.25) is 0 Å². The number of guanidine groups is 1. The smallest absolute Gasteiger partial charge is 0.251 e. The van der Waals surface area contributed by atoms with Crippen LogP contribution < -0.4 is 16.4 Å². The van der Waals surface area contributed by atoms with Crippen molar-refractivity contribution >= 4 is 41.5 Å². The van der Waals surface area contributed by atoms with E-state index < -0.39 is 0 Å². The predicted octanol–water partition coefficient (Wildman–Crippen LogP) is 4.32. The molecule has 0 heterocycles. The number of amides is 1. The van der Waals surface area contributed by atoms with Gasteiger partial charge in [-0.25, -0.2) is 4.99 Å². The van der Waals surface area contributed by atoms with Crippen LogP contribution in [0.25, 0.3) is 0 Å². The SMILES string of the molecule is CCCCNC(=O)c1ccc(CN=C(N)Nc2cccc(CC)c2)cc1.I. The molecule has 6 heteroatoms. The highest BCUT2D eigenvalue weighted by atomic mass is 127. The second kappa shape index (κ2) is 12.3. The molecule has 2 aromatic carbocycles. The number of rotatable bonds is 8. The van der Waals surface area contributed by atoms with Gasteiger partial charge in [0.25, 0.3) is 5.91 Å². The number of hydrogen-bond acceptors (Lipinski definition) is 2. The van der Waals surface area contributed by atoms with Gasteiger partial charge in [-0.15, -0.1) is 24.0 Å². The van der Waals surface area contributed by atoms with Crippen LogP contribution in [0.5, 0.6) is 0 Å². The van der Waals surface area contributed by atoms with Crippen molar-refractivity contribution < 1.29 is 4.79 Å². The number of carbonyl (C=O) groups is 1. The van der Waals surface area contributed by atoms with Gasteiger partial charge in [-0.1, -0.05) is 44.5 Å². The molecule has 27 heavy (non-hydrogen) atoms. The highest BCUT2D eigenvalue weighted by Gasteiger charge is 2.04. The van der Waals surface area contributed by atoms with E-state index >= 15 is 0 Å². The van der Waals surface area contributed by atoms with Crippen LogP contribution in [0, 0.1) is 0 Å². The molecule has 0 bridgehead atoms. The second-order valence-corrected chi connectivity index (χ2v) is 6.19. The fourth-order valence-corrected chi connectivity index (χ4v) is 2.48.